The summed E-state index contributed by atoms with van der Waals surface area (Å²) in [5.41, 5.74) is 1.97. The Balaban J connectivity index is 2.19. The molecule has 0 aliphatic rings. The summed E-state index contributed by atoms with van der Waals surface area (Å²) in [5, 5.41) is 2.83. The van der Waals surface area contributed by atoms with Gasteiger partial charge in [0.25, 0.3) is 0 Å². The quantitative estimate of drug-likeness (QED) is 0.592. The van der Waals surface area contributed by atoms with Crippen LogP contribution in [0.1, 0.15) is 31.9 Å². The summed E-state index contributed by atoms with van der Waals surface area (Å²) in [6, 6.07) is 15.3. The van der Waals surface area contributed by atoms with Gasteiger partial charge in [-0.25, -0.2) is 8.42 Å². The maximum atomic E-state index is 13.2. The van der Waals surface area contributed by atoms with Gasteiger partial charge in [0, 0.05) is 19.6 Å². The van der Waals surface area contributed by atoms with Crippen LogP contribution in [0, 0.1) is 6.92 Å². The highest BCUT2D eigenvalue weighted by atomic mass is 32.2. The zero-order valence-corrected chi connectivity index (χ0v) is 20.2. The summed E-state index contributed by atoms with van der Waals surface area (Å²) >= 11 is 0. The first-order valence-electron chi connectivity index (χ1n) is 10.7. The minimum Gasteiger partial charge on any atom is -0.352 e. The number of likely N-dealkylation sites (N-methyl/N-ethyl adjacent to an activating group) is 1. The van der Waals surface area contributed by atoms with E-state index < -0.39 is 22.0 Å². The van der Waals surface area contributed by atoms with E-state index in [2.05, 4.69) is 5.32 Å². The van der Waals surface area contributed by atoms with Crippen LogP contribution in [0.5, 0.6) is 0 Å². The van der Waals surface area contributed by atoms with E-state index in [4.69, 9.17) is 0 Å². The average molecular weight is 460 g/mol. The van der Waals surface area contributed by atoms with Gasteiger partial charge in [-0.05, 0) is 51.8 Å². The predicted octanol–water partition coefficient (Wildman–Crippen LogP) is 2.60. The lowest BCUT2D eigenvalue weighted by molar-refractivity contribution is -0.140. The second-order valence-electron chi connectivity index (χ2n) is 8.24. The lowest BCUT2D eigenvalue weighted by Crippen LogP contribution is -2.52. The molecule has 0 heterocycles. The zero-order chi connectivity index (χ0) is 23.9. The predicted molar refractivity (Wildman–Crippen MR) is 126 cm³/mol. The summed E-state index contributed by atoms with van der Waals surface area (Å²) in [6.07, 6.45) is 0.556. The third kappa shape index (κ3) is 6.90. The lowest BCUT2D eigenvalue weighted by atomic mass is 10.1. The van der Waals surface area contributed by atoms with Crippen LogP contribution >= 0.6 is 0 Å². The van der Waals surface area contributed by atoms with Gasteiger partial charge in [-0.1, -0.05) is 48.0 Å². The molecule has 0 aliphatic carbocycles. The molecule has 174 valence electrons. The molecule has 2 amide bonds. The molecule has 0 aliphatic heterocycles. The fraction of sp³-hybridized carbons (Fsp3) is 0.417. The standard InChI is InChI=1S/C24H33N3O4S/c1-18(2)25-24(29)20(4)27(16-15-21-9-7-6-8-10-21)23(28)17-26(5)32(30,31)22-13-11-19(3)12-14-22/h6-14,18,20H,15-17H2,1-5H3,(H,25,29)/t20-/m1/s1. The van der Waals surface area contributed by atoms with E-state index in [0.29, 0.717) is 13.0 Å². The summed E-state index contributed by atoms with van der Waals surface area (Å²) in [4.78, 5) is 27.4. The first kappa shape index (κ1) is 25.5. The number of carbonyl (C=O) groups excluding carboxylic acids is 2. The van der Waals surface area contributed by atoms with E-state index in [1.165, 1.54) is 24.1 Å². The molecule has 0 spiro atoms. The minimum absolute atomic E-state index is 0.0689. The van der Waals surface area contributed by atoms with Crippen LogP contribution in [0.15, 0.2) is 59.5 Å². The highest BCUT2D eigenvalue weighted by Gasteiger charge is 2.30. The molecule has 0 saturated heterocycles. The van der Waals surface area contributed by atoms with Gasteiger partial charge in [-0.2, -0.15) is 4.31 Å². The Kier molecular flexibility index (Phi) is 8.98. The maximum absolute atomic E-state index is 13.2. The van der Waals surface area contributed by atoms with Crippen molar-refractivity contribution < 1.29 is 18.0 Å². The Morgan fingerprint density at radius 3 is 2.12 bits per heavy atom. The molecule has 2 rings (SSSR count). The van der Waals surface area contributed by atoms with E-state index >= 15 is 0 Å². The Bertz CT molecular complexity index is 1010. The van der Waals surface area contributed by atoms with E-state index in [0.717, 1.165) is 15.4 Å². The molecule has 1 atom stereocenters. The molecule has 0 fully saturated rings. The molecule has 2 aromatic rings. The van der Waals surface area contributed by atoms with Gasteiger partial charge < -0.3 is 10.2 Å². The van der Waals surface area contributed by atoms with Crippen LogP contribution in [0.25, 0.3) is 0 Å². The molecule has 8 heteroatoms. The molecular formula is C24H33N3O4S. The molecule has 0 radical (unpaired) electrons. The second kappa shape index (κ2) is 11.2. The van der Waals surface area contributed by atoms with Crippen molar-refractivity contribution >= 4 is 21.8 Å². The summed E-state index contributed by atoms with van der Waals surface area (Å²) in [5.74, 6) is -0.698. The highest BCUT2D eigenvalue weighted by Crippen LogP contribution is 2.16. The zero-order valence-electron chi connectivity index (χ0n) is 19.4. The van der Waals surface area contributed by atoms with E-state index in [1.54, 1.807) is 19.1 Å². The van der Waals surface area contributed by atoms with Crippen molar-refractivity contribution in [3.05, 3.63) is 65.7 Å². The number of sulfonamides is 1. The van der Waals surface area contributed by atoms with Crippen molar-refractivity contribution in [2.75, 3.05) is 20.1 Å². The number of amides is 2. The smallest absolute Gasteiger partial charge is 0.243 e. The first-order valence-corrected chi connectivity index (χ1v) is 12.1. The monoisotopic (exact) mass is 459 g/mol. The number of nitrogens with zero attached hydrogens (tertiary/aromatic N) is 2. The van der Waals surface area contributed by atoms with Crippen molar-refractivity contribution in [2.24, 2.45) is 0 Å². The van der Waals surface area contributed by atoms with Gasteiger partial charge in [0.05, 0.1) is 11.4 Å². The largest absolute Gasteiger partial charge is 0.352 e. The van der Waals surface area contributed by atoms with E-state index in [9.17, 15) is 18.0 Å². The topological polar surface area (TPSA) is 86.8 Å². The Morgan fingerprint density at radius 1 is 0.969 bits per heavy atom. The number of rotatable bonds is 10. The molecule has 0 aromatic heterocycles. The third-order valence-corrected chi connectivity index (χ3v) is 6.99. The number of hydrogen-bond donors (Lipinski definition) is 1. The van der Waals surface area contributed by atoms with Gasteiger partial charge >= 0.3 is 0 Å². The third-order valence-electron chi connectivity index (χ3n) is 5.17. The molecule has 7 nitrogen and oxygen atoms in total. The van der Waals surface area contributed by atoms with E-state index in [1.807, 2.05) is 51.1 Å². The normalized spacial score (nSPS) is 12.6. The van der Waals surface area contributed by atoms with Crippen LogP contribution in [-0.2, 0) is 26.0 Å². The molecule has 0 bridgehead atoms. The molecule has 1 N–H and O–H groups in total. The van der Waals surface area contributed by atoms with Crippen molar-refractivity contribution in [1.29, 1.82) is 0 Å². The fourth-order valence-corrected chi connectivity index (χ4v) is 4.35. The SMILES string of the molecule is Cc1ccc(S(=O)(=O)N(C)CC(=O)N(CCc2ccccc2)[C@H](C)C(=O)NC(C)C)cc1. The molecule has 0 unspecified atom stereocenters. The van der Waals surface area contributed by atoms with Gasteiger partial charge in [-0.15, -0.1) is 0 Å². The van der Waals surface area contributed by atoms with Gasteiger partial charge in [-0.3, -0.25) is 9.59 Å². The minimum atomic E-state index is -3.83. The number of hydrogen-bond acceptors (Lipinski definition) is 4. The van der Waals surface area contributed by atoms with Crippen molar-refractivity contribution in [3.8, 4) is 0 Å². The summed E-state index contributed by atoms with van der Waals surface area (Å²) < 4.78 is 26.8. The first-order chi connectivity index (χ1) is 15.0. The Labute approximate surface area is 191 Å². The van der Waals surface area contributed by atoms with E-state index in [-0.39, 0.29) is 23.4 Å². The second-order valence-corrected chi connectivity index (χ2v) is 10.3. The number of aryl methyl sites for hydroxylation is 1. The van der Waals surface area contributed by atoms with Gasteiger partial charge in [0.2, 0.25) is 21.8 Å². The number of nitrogens with one attached hydrogen (secondary N) is 1. The van der Waals surface area contributed by atoms with Crippen LogP contribution in [0.2, 0.25) is 0 Å². The molecule has 0 saturated carbocycles. The highest BCUT2D eigenvalue weighted by molar-refractivity contribution is 7.89. The maximum Gasteiger partial charge on any atom is 0.243 e. The molecule has 32 heavy (non-hydrogen) atoms. The number of benzene rings is 2. The van der Waals surface area contributed by atoms with Crippen LogP contribution < -0.4 is 5.32 Å². The fourth-order valence-electron chi connectivity index (χ4n) is 3.23. The van der Waals surface area contributed by atoms with Crippen LogP contribution in [0.3, 0.4) is 0 Å². The summed E-state index contributed by atoms with van der Waals surface area (Å²) in [7, 11) is -2.45. The van der Waals surface area contributed by atoms with Gasteiger partial charge in [0.1, 0.15) is 6.04 Å². The van der Waals surface area contributed by atoms with Crippen LogP contribution in [0.4, 0.5) is 0 Å². The van der Waals surface area contributed by atoms with Crippen molar-refractivity contribution in [1.82, 2.24) is 14.5 Å². The Morgan fingerprint density at radius 2 is 1.56 bits per heavy atom. The number of carbonyl (C=O) groups is 2. The average Bonchev–Trinajstić information content (AvgIpc) is 2.74. The molecular weight excluding hydrogens is 426 g/mol. The Hall–Kier alpha value is -2.71. The lowest BCUT2D eigenvalue weighted by Gasteiger charge is -2.30. The summed E-state index contributed by atoms with van der Waals surface area (Å²) in [6.45, 7) is 7.18. The van der Waals surface area contributed by atoms with Crippen molar-refractivity contribution in [2.45, 2.75) is 51.1 Å². The van der Waals surface area contributed by atoms with Crippen LogP contribution in [-0.4, -0.2) is 61.7 Å². The van der Waals surface area contributed by atoms with Gasteiger partial charge in [0.15, 0.2) is 0 Å². The molecule has 2 aromatic carbocycles. The van der Waals surface area contributed by atoms with Crippen molar-refractivity contribution in [3.63, 3.8) is 0 Å².